The number of hydrogen-bond donors (Lipinski definition) is 1. The highest BCUT2D eigenvalue weighted by molar-refractivity contribution is 5.80. The van der Waals surface area contributed by atoms with Gasteiger partial charge in [-0.25, -0.2) is 4.68 Å². The van der Waals surface area contributed by atoms with E-state index < -0.39 is 0 Å². The number of nitrogens with one attached hydrogen (secondary N) is 1. The van der Waals surface area contributed by atoms with Gasteiger partial charge in [-0.3, -0.25) is 9.69 Å². The number of H-pyrrole nitrogens is 1. The number of methoxy groups -OCH3 is 2. The van der Waals surface area contributed by atoms with Crippen molar-refractivity contribution in [1.82, 2.24) is 30.1 Å². The van der Waals surface area contributed by atoms with E-state index in [0.717, 1.165) is 40.9 Å². The molecule has 0 unspecified atom stereocenters. The molecule has 5 rings (SSSR count). The molecule has 0 spiro atoms. The molecule has 1 N–H and O–H groups in total. The lowest BCUT2D eigenvalue weighted by molar-refractivity contribution is 0.225. The average molecular weight is 489 g/mol. The molecule has 1 aliphatic carbocycles. The van der Waals surface area contributed by atoms with E-state index in [1.807, 2.05) is 53.2 Å². The Labute approximate surface area is 210 Å². The van der Waals surface area contributed by atoms with Gasteiger partial charge in [0.2, 0.25) is 0 Å². The summed E-state index contributed by atoms with van der Waals surface area (Å²) < 4.78 is 12.6. The van der Waals surface area contributed by atoms with Gasteiger partial charge < -0.3 is 14.5 Å². The standard InChI is InChI=1S/C27H32N6O3/c1-35-23-11-8-19(9-12-23)16-32(18-26-29-30-31-33(26)22-6-4-3-5-7-22)17-21-14-20-10-13-24(36-2)15-25(20)28-27(21)34/h8-15,22H,3-7,16-18H2,1-2H3,(H,28,34). The second-order valence-corrected chi connectivity index (χ2v) is 9.40. The summed E-state index contributed by atoms with van der Waals surface area (Å²) in [5.41, 5.74) is 2.46. The van der Waals surface area contributed by atoms with E-state index in [4.69, 9.17) is 9.47 Å². The summed E-state index contributed by atoms with van der Waals surface area (Å²) >= 11 is 0. The van der Waals surface area contributed by atoms with Crippen LogP contribution in [0.4, 0.5) is 0 Å². The second-order valence-electron chi connectivity index (χ2n) is 9.40. The molecule has 188 valence electrons. The highest BCUT2D eigenvalue weighted by Crippen LogP contribution is 2.28. The predicted molar refractivity (Wildman–Crippen MR) is 137 cm³/mol. The van der Waals surface area contributed by atoms with Gasteiger partial charge in [0.15, 0.2) is 5.82 Å². The largest absolute Gasteiger partial charge is 0.497 e. The number of rotatable bonds is 9. The third-order valence-corrected chi connectivity index (χ3v) is 6.94. The Morgan fingerprint density at radius 3 is 2.44 bits per heavy atom. The van der Waals surface area contributed by atoms with Gasteiger partial charge in [0.1, 0.15) is 11.5 Å². The van der Waals surface area contributed by atoms with Crippen LogP contribution in [0.3, 0.4) is 0 Å². The van der Waals surface area contributed by atoms with Gasteiger partial charge >= 0.3 is 0 Å². The van der Waals surface area contributed by atoms with Gasteiger partial charge in [0, 0.05) is 24.7 Å². The third-order valence-electron chi connectivity index (χ3n) is 6.94. The molecule has 0 amide bonds. The first kappa shape index (κ1) is 24.0. The Kier molecular flexibility index (Phi) is 7.27. The third kappa shape index (κ3) is 5.41. The minimum absolute atomic E-state index is 0.109. The van der Waals surface area contributed by atoms with Crippen LogP contribution < -0.4 is 15.0 Å². The van der Waals surface area contributed by atoms with E-state index in [1.165, 1.54) is 19.3 Å². The van der Waals surface area contributed by atoms with Gasteiger partial charge in [0.05, 0.1) is 32.3 Å². The van der Waals surface area contributed by atoms with Crippen molar-refractivity contribution >= 4 is 10.9 Å². The van der Waals surface area contributed by atoms with Crippen molar-refractivity contribution in [3.05, 3.63) is 75.8 Å². The maximum Gasteiger partial charge on any atom is 0.252 e. The summed E-state index contributed by atoms with van der Waals surface area (Å²) in [7, 11) is 3.28. The number of fused-ring (bicyclic) bond motifs is 1. The molecule has 9 heteroatoms. The van der Waals surface area contributed by atoms with Crippen LogP contribution in [0, 0.1) is 0 Å². The minimum atomic E-state index is -0.109. The van der Waals surface area contributed by atoms with Crippen LogP contribution in [-0.4, -0.2) is 44.3 Å². The molecule has 1 aliphatic rings. The lowest BCUT2D eigenvalue weighted by atomic mass is 9.95. The van der Waals surface area contributed by atoms with E-state index in [2.05, 4.69) is 25.4 Å². The van der Waals surface area contributed by atoms with E-state index in [0.29, 0.717) is 37.0 Å². The normalized spacial score (nSPS) is 14.4. The Bertz CT molecular complexity index is 1360. The molecule has 1 saturated carbocycles. The van der Waals surface area contributed by atoms with E-state index in [9.17, 15) is 4.79 Å². The lowest BCUT2D eigenvalue weighted by Gasteiger charge is -2.25. The van der Waals surface area contributed by atoms with Gasteiger partial charge in [-0.05, 0) is 64.5 Å². The van der Waals surface area contributed by atoms with Crippen LogP contribution in [0.5, 0.6) is 11.5 Å². The van der Waals surface area contributed by atoms with E-state index >= 15 is 0 Å². The first-order valence-corrected chi connectivity index (χ1v) is 12.4. The number of ether oxygens (including phenoxy) is 2. The van der Waals surface area contributed by atoms with E-state index in [-0.39, 0.29) is 5.56 Å². The summed E-state index contributed by atoms with van der Waals surface area (Å²) in [4.78, 5) is 18.3. The van der Waals surface area contributed by atoms with Crippen molar-refractivity contribution in [2.75, 3.05) is 14.2 Å². The Balaban J connectivity index is 1.44. The molecule has 0 aliphatic heterocycles. The zero-order valence-electron chi connectivity index (χ0n) is 20.8. The molecule has 0 atom stereocenters. The molecule has 2 aromatic heterocycles. The summed E-state index contributed by atoms with van der Waals surface area (Å²) in [5, 5.41) is 13.7. The topological polar surface area (TPSA) is 98.2 Å². The fraction of sp³-hybridized carbons (Fsp3) is 0.407. The number of hydrogen-bond acceptors (Lipinski definition) is 7. The molecule has 4 aromatic rings. The van der Waals surface area contributed by atoms with Crippen LogP contribution in [-0.2, 0) is 19.6 Å². The van der Waals surface area contributed by atoms with Crippen LogP contribution in [0.1, 0.15) is 55.1 Å². The highest BCUT2D eigenvalue weighted by atomic mass is 16.5. The maximum atomic E-state index is 13.0. The predicted octanol–water partition coefficient (Wildman–Crippen LogP) is 4.24. The van der Waals surface area contributed by atoms with Gasteiger partial charge in [-0.2, -0.15) is 0 Å². The summed E-state index contributed by atoms with van der Waals surface area (Å²) in [6, 6.07) is 16.0. The van der Waals surface area contributed by atoms with E-state index in [1.54, 1.807) is 14.2 Å². The number of nitrogens with zero attached hydrogens (tertiary/aromatic N) is 5. The van der Waals surface area contributed by atoms with Gasteiger partial charge in [-0.1, -0.05) is 31.4 Å². The van der Waals surface area contributed by atoms with Crippen molar-refractivity contribution < 1.29 is 9.47 Å². The number of tetrazole rings is 1. The Morgan fingerprint density at radius 1 is 0.944 bits per heavy atom. The molecule has 36 heavy (non-hydrogen) atoms. The fourth-order valence-corrected chi connectivity index (χ4v) is 4.99. The van der Waals surface area contributed by atoms with Crippen LogP contribution >= 0.6 is 0 Å². The quantitative estimate of drug-likeness (QED) is 0.376. The molecule has 9 nitrogen and oxygen atoms in total. The molecule has 2 heterocycles. The summed E-state index contributed by atoms with van der Waals surface area (Å²) in [5.74, 6) is 2.35. The van der Waals surface area contributed by atoms with Gasteiger partial charge in [-0.15, -0.1) is 5.10 Å². The maximum absolute atomic E-state index is 13.0. The summed E-state index contributed by atoms with van der Waals surface area (Å²) in [6.07, 6.45) is 5.89. The van der Waals surface area contributed by atoms with Crippen molar-refractivity contribution in [3.63, 3.8) is 0 Å². The minimum Gasteiger partial charge on any atom is -0.497 e. The zero-order valence-corrected chi connectivity index (χ0v) is 20.8. The monoisotopic (exact) mass is 488 g/mol. The summed E-state index contributed by atoms with van der Waals surface area (Å²) in [6.45, 7) is 1.64. The molecule has 0 bridgehead atoms. The molecule has 1 fully saturated rings. The Morgan fingerprint density at radius 2 is 1.69 bits per heavy atom. The molecule has 0 saturated heterocycles. The van der Waals surface area contributed by atoms with Crippen LogP contribution in [0.2, 0.25) is 0 Å². The average Bonchev–Trinajstić information content (AvgIpc) is 3.38. The molecular formula is C27H32N6O3. The van der Waals surface area contributed by atoms with Crippen molar-refractivity contribution in [1.29, 1.82) is 0 Å². The number of pyridine rings is 1. The van der Waals surface area contributed by atoms with Crippen molar-refractivity contribution in [2.24, 2.45) is 0 Å². The SMILES string of the molecule is COc1ccc(CN(Cc2cc3ccc(OC)cc3[nH]c2=O)Cc2nnnn2C2CCCCC2)cc1. The number of benzene rings is 2. The number of aromatic amines is 1. The highest BCUT2D eigenvalue weighted by Gasteiger charge is 2.22. The first-order chi connectivity index (χ1) is 17.6. The van der Waals surface area contributed by atoms with Crippen molar-refractivity contribution in [2.45, 2.75) is 57.8 Å². The smallest absolute Gasteiger partial charge is 0.252 e. The fourth-order valence-electron chi connectivity index (χ4n) is 4.99. The van der Waals surface area contributed by atoms with Gasteiger partial charge in [0.25, 0.3) is 5.56 Å². The number of aromatic nitrogens is 5. The van der Waals surface area contributed by atoms with Crippen LogP contribution in [0.25, 0.3) is 10.9 Å². The van der Waals surface area contributed by atoms with Crippen LogP contribution in [0.15, 0.2) is 53.3 Å². The molecule has 0 radical (unpaired) electrons. The lowest BCUT2D eigenvalue weighted by Crippen LogP contribution is -2.29. The Hall–Kier alpha value is -3.72. The molecule has 2 aromatic carbocycles. The second kappa shape index (κ2) is 10.9. The first-order valence-electron chi connectivity index (χ1n) is 12.4. The zero-order chi connectivity index (χ0) is 24.9. The molecular weight excluding hydrogens is 456 g/mol. The van der Waals surface area contributed by atoms with Crippen molar-refractivity contribution in [3.8, 4) is 11.5 Å².